The smallest absolute Gasteiger partial charge is 0.411 e. The molecule has 0 amide bonds. The monoisotopic (exact) mass is 388 g/mol. The van der Waals surface area contributed by atoms with Gasteiger partial charge in [-0.15, -0.1) is 0 Å². The summed E-state index contributed by atoms with van der Waals surface area (Å²) >= 11 is 19.1. The Kier molecular flexibility index (Phi) is 22.1. The van der Waals surface area contributed by atoms with Crippen LogP contribution in [-0.2, 0) is 44.7 Å². The van der Waals surface area contributed by atoms with E-state index in [1.165, 1.54) is 25.7 Å². The molecule has 0 N–H and O–H groups in total. The summed E-state index contributed by atoms with van der Waals surface area (Å²) < 4.78 is 1.15. The Morgan fingerprint density at radius 3 is 1.37 bits per heavy atom. The van der Waals surface area contributed by atoms with E-state index in [9.17, 15) is 0 Å². The van der Waals surface area contributed by atoms with Crippen LogP contribution in [-0.4, -0.2) is 45.6 Å². The van der Waals surface area contributed by atoms with Crippen LogP contribution in [0.1, 0.15) is 39.5 Å². The van der Waals surface area contributed by atoms with Crippen molar-refractivity contribution >= 4 is 58.3 Å². The molecule has 0 saturated heterocycles. The van der Waals surface area contributed by atoms with Crippen LogP contribution in [0.5, 0.6) is 0 Å². The molecule has 0 atom stereocenters. The minimum Gasteiger partial charge on any atom is -0.411 e. The van der Waals surface area contributed by atoms with E-state index >= 15 is 0 Å². The van der Waals surface area contributed by atoms with Gasteiger partial charge in [-0.1, -0.05) is 35.3 Å². The molecule has 7 heteroatoms. The van der Waals surface area contributed by atoms with Gasteiger partial charge in [0.1, 0.15) is 0 Å². The molecule has 2 nitrogen and oxygen atoms in total. The van der Waals surface area contributed by atoms with Crippen LogP contribution in [0.3, 0.4) is 0 Å². The Bertz CT molecular complexity index is 230. The van der Waals surface area contributed by atoms with Crippen molar-refractivity contribution in [1.29, 1.82) is 0 Å². The topological polar surface area (TPSA) is 6.48 Å². The summed E-state index contributed by atoms with van der Waals surface area (Å²) in [6, 6.07) is 0. The minimum absolute atomic E-state index is 0. The van der Waals surface area contributed by atoms with Crippen molar-refractivity contribution in [2.45, 2.75) is 39.5 Å². The van der Waals surface area contributed by atoms with Crippen molar-refractivity contribution in [3.8, 4) is 0 Å². The van der Waals surface area contributed by atoms with E-state index < -0.39 is 0 Å². The van der Waals surface area contributed by atoms with Gasteiger partial charge in [-0.2, -0.15) is 0 Å². The van der Waals surface area contributed by atoms with Gasteiger partial charge in [0, 0.05) is 27.2 Å². The molecule has 0 aliphatic heterocycles. The first kappa shape index (κ1) is 24.8. The van der Waals surface area contributed by atoms with Crippen LogP contribution in [0, 0.1) is 0 Å². The zero-order chi connectivity index (χ0) is 14.6. The molecule has 0 heterocycles. The van der Waals surface area contributed by atoms with Gasteiger partial charge >= 0.3 is 19.5 Å². The molecule has 0 saturated carbocycles. The summed E-state index contributed by atoms with van der Waals surface area (Å²) in [6.45, 7) is 6.45. The van der Waals surface area contributed by atoms with E-state index in [-0.39, 0.29) is 19.5 Å². The van der Waals surface area contributed by atoms with Crippen LogP contribution < -0.4 is 0 Å². The predicted octanol–water partition coefficient (Wildman–Crippen LogP) is 3.10. The molecule has 0 rings (SSSR count). The Morgan fingerprint density at radius 1 is 0.895 bits per heavy atom. The Balaban J connectivity index is -0.000000313. The van der Waals surface area contributed by atoms with Crippen molar-refractivity contribution < 1.29 is 19.5 Å². The van der Waals surface area contributed by atoms with Gasteiger partial charge in [-0.05, 0) is 12.8 Å². The van der Waals surface area contributed by atoms with E-state index in [0.29, 0.717) is 8.64 Å². The summed E-state index contributed by atoms with van der Waals surface area (Å²) in [5.41, 5.74) is 0. The molecule has 0 fully saturated rings. The van der Waals surface area contributed by atoms with Crippen LogP contribution >= 0.6 is 24.4 Å². The summed E-state index contributed by atoms with van der Waals surface area (Å²) in [6.07, 6.45) is 4.81. The normalized spacial score (nSPS) is 8.63. The molecule has 0 aliphatic rings. The fourth-order valence-electron chi connectivity index (χ4n) is 0.992. The average Bonchev–Trinajstić information content (AvgIpc) is 2.29. The van der Waals surface area contributed by atoms with Gasteiger partial charge < -0.3 is 59.5 Å². The second-order valence-electron chi connectivity index (χ2n) is 4.12. The summed E-state index contributed by atoms with van der Waals surface area (Å²) in [5, 5.41) is 0. The number of hydrogen-bond donors (Lipinski definition) is 0. The van der Waals surface area contributed by atoms with E-state index in [4.69, 9.17) is 24.8 Å². The summed E-state index contributed by atoms with van der Waals surface area (Å²) in [5.74, 6) is 0. The van der Waals surface area contributed by atoms with Gasteiger partial charge in [0.05, 0.1) is 0 Å². The van der Waals surface area contributed by atoms with Gasteiger partial charge in [-0.25, -0.2) is 0 Å². The predicted molar refractivity (Wildman–Crippen MR) is 95.0 cm³/mol. The molecule has 0 spiro atoms. The van der Waals surface area contributed by atoms with Crippen molar-refractivity contribution in [3.05, 3.63) is 0 Å². The molecular formula is C12H24N2S4Zn. The van der Waals surface area contributed by atoms with Crippen LogP contribution in [0.2, 0.25) is 0 Å². The van der Waals surface area contributed by atoms with Gasteiger partial charge in [0.25, 0.3) is 0 Å². The third-order valence-electron chi connectivity index (χ3n) is 2.19. The standard InChI is InChI=1S/C9H19NS2.C3H7NS2.Zn/c1-3-5-7-10(9(11)12)8-6-4-2;1-4(2)3(5)6;/h3-8H2,1-2H3,(H,11,12);1-2H3,(H,5,6);/q;;+2/p-2. The zero-order valence-electron chi connectivity index (χ0n) is 12.5. The summed E-state index contributed by atoms with van der Waals surface area (Å²) in [4.78, 5) is 3.85. The third-order valence-corrected chi connectivity index (χ3v) is 3.43. The summed E-state index contributed by atoms with van der Waals surface area (Å²) in [7, 11) is 3.66. The number of nitrogens with zero attached hydrogens (tertiary/aromatic N) is 2. The first-order valence-electron chi connectivity index (χ1n) is 6.20. The van der Waals surface area contributed by atoms with Gasteiger partial charge in [-0.3, -0.25) is 0 Å². The van der Waals surface area contributed by atoms with Crippen molar-refractivity contribution in [2.75, 3.05) is 27.2 Å². The van der Waals surface area contributed by atoms with Gasteiger partial charge in [0.2, 0.25) is 0 Å². The quantitative estimate of drug-likeness (QED) is 0.388. The first-order valence-corrected chi connectivity index (χ1v) is 7.84. The molecule has 108 valence electrons. The van der Waals surface area contributed by atoms with E-state index in [1.807, 2.05) is 14.1 Å². The molecule has 0 aromatic carbocycles. The van der Waals surface area contributed by atoms with Gasteiger partial charge in [0.15, 0.2) is 0 Å². The molecule has 0 aromatic heterocycles. The Hall–Kier alpha value is 0.843. The minimum atomic E-state index is 0. The van der Waals surface area contributed by atoms with E-state index in [1.54, 1.807) is 4.90 Å². The fraction of sp³-hybridized carbons (Fsp3) is 0.833. The third kappa shape index (κ3) is 18.8. The van der Waals surface area contributed by atoms with Crippen LogP contribution in [0.4, 0.5) is 0 Å². The molecule has 19 heavy (non-hydrogen) atoms. The Morgan fingerprint density at radius 2 is 1.21 bits per heavy atom. The fourth-order valence-corrected chi connectivity index (χ4v) is 1.36. The van der Waals surface area contributed by atoms with Crippen molar-refractivity contribution in [3.63, 3.8) is 0 Å². The Labute approximate surface area is 153 Å². The largest absolute Gasteiger partial charge is 2.00 e. The second-order valence-corrected chi connectivity index (χ2v) is 6.18. The maximum atomic E-state index is 4.98. The SMILES string of the molecule is CCCCN(CCCC)C(=S)[S-].CN(C)C(=S)[S-].[Zn+2]. The molecule has 0 bridgehead atoms. The molecule has 0 unspecified atom stereocenters. The van der Waals surface area contributed by atoms with Crippen LogP contribution in [0.25, 0.3) is 0 Å². The number of unbranched alkanes of at least 4 members (excludes halogenated alkanes) is 2. The maximum absolute atomic E-state index is 4.98. The van der Waals surface area contributed by atoms with Crippen molar-refractivity contribution in [2.24, 2.45) is 0 Å². The van der Waals surface area contributed by atoms with Crippen molar-refractivity contribution in [1.82, 2.24) is 9.80 Å². The van der Waals surface area contributed by atoms with Crippen LogP contribution in [0.15, 0.2) is 0 Å². The zero-order valence-corrected chi connectivity index (χ0v) is 18.7. The maximum Gasteiger partial charge on any atom is 2.00 e. The first-order chi connectivity index (χ1) is 8.36. The molecule has 0 aliphatic carbocycles. The number of thiocarbonyl (C=S) groups is 2. The average molecular weight is 390 g/mol. The van der Waals surface area contributed by atoms with E-state index in [0.717, 1.165) is 13.1 Å². The molecule has 0 radical (unpaired) electrons. The second kappa shape index (κ2) is 16.9. The van der Waals surface area contributed by atoms with E-state index in [2.05, 4.69) is 43.6 Å². The number of rotatable bonds is 6. The molecule has 0 aromatic rings. The number of hydrogen-bond acceptors (Lipinski definition) is 4. The molecular weight excluding hydrogens is 366 g/mol.